The van der Waals surface area contributed by atoms with Crippen molar-refractivity contribution in [3.63, 3.8) is 0 Å². The predicted octanol–water partition coefficient (Wildman–Crippen LogP) is 3.34. The molecule has 0 bridgehead atoms. The number of hydrogen-bond acceptors (Lipinski definition) is 4. The van der Waals surface area contributed by atoms with Crippen LogP contribution in [0.2, 0.25) is 0 Å². The van der Waals surface area contributed by atoms with Crippen molar-refractivity contribution in [2.24, 2.45) is 0 Å². The van der Waals surface area contributed by atoms with E-state index in [1.807, 2.05) is 6.92 Å². The molecule has 100 valence electrons. The topological polar surface area (TPSA) is 61.6 Å². The lowest BCUT2D eigenvalue weighted by atomic mass is 10.1. The Bertz CT molecular complexity index is 418. The highest BCUT2D eigenvalue weighted by molar-refractivity contribution is 5.54. The summed E-state index contributed by atoms with van der Waals surface area (Å²) in [5.74, 6) is 0.989. The van der Waals surface area contributed by atoms with Crippen LogP contribution in [0.1, 0.15) is 32.3 Å². The van der Waals surface area contributed by atoms with E-state index in [0.29, 0.717) is 30.1 Å². The van der Waals surface area contributed by atoms with Crippen molar-refractivity contribution in [1.29, 1.82) is 0 Å². The predicted molar refractivity (Wildman–Crippen MR) is 69.4 cm³/mol. The van der Waals surface area contributed by atoms with E-state index in [4.69, 9.17) is 9.47 Å². The molecule has 0 saturated carbocycles. The summed E-state index contributed by atoms with van der Waals surface area (Å²) in [5.41, 5.74) is 0.740. The van der Waals surface area contributed by atoms with E-state index in [2.05, 4.69) is 6.92 Å². The highest BCUT2D eigenvalue weighted by atomic mass is 16.6. The first-order chi connectivity index (χ1) is 8.63. The van der Waals surface area contributed by atoms with Crippen molar-refractivity contribution in [2.45, 2.75) is 33.1 Å². The smallest absolute Gasteiger partial charge is 0.276 e. The van der Waals surface area contributed by atoms with Crippen molar-refractivity contribution in [3.8, 4) is 11.5 Å². The van der Waals surface area contributed by atoms with Crippen molar-refractivity contribution in [2.75, 3.05) is 13.7 Å². The first kappa shape index (κ1) is 14.3. The van der Waals surface area contributed by atoms with E-state index in [1.54, 1.807) is 6.07 Å². The van der Waals surface area contributed by atoms with Crippen LogP contribution in [0.5, 0.6) is 11.5 Å². The molecule has 0 N–H and O–H groups in total. The van der Waals surface area contributed by atoms with Gasteiger partial charge >= 0.3 is 0 Å². The molecule has 18 heavy (non-hydrogen) atoms. The molecule has 1 aromatic carbocycles. The van der Waals surface area contributed by atoms with Gasteiger partial charge in [0.2, 0.25) is 0 Å². The number of nitro groups is 1. The summed E-state index contributed by atoms with van der Waals surface area (Å²) < 4.78 is 10.7. The summed E-state index contributed by atoms with van der Waals surface area (Å²) in [7, 11) is 1.54. The molecule has 0 aromatic heterocycles. The minimum absolute atomic E-state index is 0.0878. The first-order valence-corrected chi connectivity index (χ1v) is 6.12. The molecule has 0 amide bonds. The van der Waals surface area contributed by atoms with Gasteiger partial charge in [0.15, 0.2) is 11.5 Å². The van der Waals surface area contributed by atoms with Gasteiger partial charge in [-0.1, -0.05) is 20.3 Å². The average Bonchev–Trinajstić information content (AvgIpc) is 2.38. The molecule has 5 nitrogen and oxygen atoms in total. The van der Waals surface area contributed by atoms with Gasteiger partial charge in [0.05, 0.1) is 24.7 Å². The van der Waals surface area contributed by atoms with Crippen LogP contribution >= 0.6 is 0 Å². The largest absolute Gasteiger partial charge is 0.493 e. The summed E-state index contributed by atoms with van der Waals surface area (Å²) in [6.07, 6.45) is 2.51. The van der Waals surface area contributed by atoms with E-state index in [-0.39, 0.29) is 10.6 Å². The number of nitro benzene ring substituents is 1. The van der Waals surface area contributed by atoms with Gasteiger partial charge in [-0.05, 0) is 18.9 Å². The lowest BCUT2D eigenvalue weighted by Crippen LogP contribution is -2.02. The first-order valence-electron chi connectivity index (χ1n) is 6.12. The Hall–Kier alpha value is -1.78. The molecule has 0 aliphatic heterocycles. The van der Waals surface area contributed by atoms with Crippen molar-refractivity contribution >= 4 is 5.69 Å². The molecule has 0 fully saturated rings. The second-order valence-corrected chi connectivity index (χ2v) is 3.94. The van der Waals surface area contributed by atoms with Gasteiger partial charge in [0, 0.05) is 5.56 Å². The highest BCUT2D eigenvalue weighted by Crippen LogP contribution is 2.35. The molecule has 0 aliphatic rings. The Morgan fingerprint density at radius 1 is 1.28 bits per heavy atom. The molecule has 0 heterocycles. The second-order valence-electron chi connectivity index (χ2n) is 3.94. The number of nitrogens with zero attached hydrogens (tertiary/aromatic N) is 1. The van der Waals surface area contributed by atoms with Crippen LogP contribution in [0, 0.1) is 10.1 Å². The summed E-state index contributed by atoms with van der Waals surface area (Å²) >= 11 is 0. The molecule has 0 radical (unpaired) electrons. The van der Waals surface area contributed by atoms with Crippen LogP contribution in [-0.4, -0.2) is 18.6 Å². The molecule has 0 atom stereocenters. The number of ether oxygens (including phenoxy) is 2. The van der Waals surface area contributed by atoms with Gasteiger partial charge in [0.1, 0.15) is 0 Å². The van der Waals surface area contributed by atoms with E-state index in [0.717, 1.165) is 12.8 Å². The molecular formula is C13H19NO4. The Labute approximate surface area is 107 Å². The molecule has 0 unspecified atom stereocenters. The van der Waals surface area contributed by atoms with Crippen LogP contribution in [-0.2, 0) is 6.42 Å². The fourth-order valence-corrected chi connectivity index (χ4v) is 1.64. The van der Waals surface area contributed by atoms with Crippen LogP contribution in [0.25, 0.3) is 0 Å². The maximum absolute atomic E-state index is 11.0. The summed E-state index contributed by atoms with van der Waals surface area (Å²) in [5, 5.41) is 11.0. The Morgan fingerprint density at radius 3 is 2.50 bits per heavy atom. The lowest BCUT2D eigenvalue weighted by Gasteiger charge is -2.12. The third-order valence-electron chi connectivity index (χ3n) is 2.70. The third-order valence-corrected chi connectivity index (χ3v) is 2.70. The van der Waals surface area contributed by atoms with Crippen LogP contribution in [0.4, 0.5) is 5.69 Å². The van der Waals surface area contributed by atoms with Gasteiger partial charge in [0.25, 0.3) is 5.69 Å². The number of unbranched alkanes of at least 4 members (excludes halogenated alkanes) is 1. The minimum atomic E-state index is -0.384. The zero-order chi connectivity index (χ0) is 13.5. The van der Waals surface area contributed by atoms with Gasteiger partial charge < -0.3 is 9.47 Å². The summed E-state index contributed by atoms with van der Waals surface area (Å²) in [6.45, 7) is 4.47. The minimum Gasteiger partial charge on any atom is -0.493 e. The maximum Gasteiger partial charge on any atom is 0.276 e. The van der Waals surface area contributed by atoms with Crippen molar-refractivity contribution in [3.05, 3.63) is 27.8 Å². The lowest BCUT2D eigenvalue weighted by molar-refractivity contribution is -0.385. The fourth-order valence-electron chi connectivity index (χ4n) is 1.64. The van der Waals surface area contributed by atoms with Crippen LogP contribution < -0.4 is 9.47 Å². The summed E-state index contributed by atoms with van der Waals surface area (Å²) in [6, 6.07) is 3.13. The second kappa shape index (κ2) is 6.83. The zero-order valence-corrected chi connectivity index (χ0v) is 11.1. The molecule has 0 spiro atoms. The number of rotatable bonds is 7. The molecule has 0 aliphatic carbocycles. The highest BCUT2D eigenvalue weighted by Gasteiger charge is 2.18. The van der Waals surface area contributed by atoms with Crippen molar-refractivity contribution < 1.29 is 14.4 Å². The Kier molecular flexibility index (Phi) is 5.42. The van der Waals surface area contributed by atoms with Gasteiger partial charge in [-0.15, -0.1) is 0 Å². The molecule has 1 rings (SSSR count). The zero-order valence-electron chi connectivity index (χ0n) is 11.1. The molecular weight excluding hydrogens is 234 g/mol. The number of methoxy groups -OCH3 is 1. The SMILES string of the molecule is CCCCOc1cc([N+](=O)[O-])c(CC)cc1OC. The van der Waals surface area contributed by atoms with E-state index in [9.17, 15) is 10.1 Å². The Morgan fingerprint density at radius 2 is 2.00 bits per heavy atom. The van der Waals surface area contributed by atoms with Crippen LogP contribution in [0.15, 0.2) is 12.1 Å². The number of benzene rings is 1. The number of aryl methyl sites for hydroxylation is 1. The van der Waals surface area contributed by atoms with E-state index >= 15 is 0 Å². The number of hydrogen-bond donors (Lipinski definition) is 0. The monoisotopic (exact) mass is 253 g/mol. The van der Waals surface area contributed by atoms with Crippen molar-refractivity contribution in [1.82, 2.24) is 0 Å². The maximum atomic E-state index is 11.0. The molecule has 1 aromatic rings. The average molecular weight is 253 g/mol. The van der Waals surface area contributed by atoms with E-state index < -0.39 is 0 Å². The fraction of sp³-hybridized carbons (Fsp3) is 0.538. The van der Waals surface area contributed by atoms with Gasteiger partial charge in [-0.25, -0.2) is 0 Å². The van der Waals surface area contributed by atoms with E-state index in [1.165, 1.54) is 13.2 Å². The van der Waals surface area contributed by atoms with Gasteiger partial charge in [-0.3, -0.25) is 10.1 Å². The van der Waals surface area contributed by atoms with Crippen LogP contribution in [0.3, 0.4) is 0 Å². The normalized spacial score (nSPS) is 10.2. The third kappa shape index (κ3) is 3.35. The Balaban J connectivity index is 3.07. The van der Waals surface area contributed by atoms with Gasteiger partial charge in [-0.2, -0.15) is 0 Å². The molecule has 5 heteroatoms. The quantitative estimate of drug-likeness (QED) is 0.424. The standard InChI is InChI=1S/C13H19NO4/c1-4-6-7-18-13-9-11(14(15)16)10(5-2)8-12(13)17-3/h8-9H,4-7H2,1-3H3. The summed E-state index contributed by atoms with van der Waals surface area (Å²) in [4.78, 5) is 10.6. The molecule has 0 saturated heterocycles.